The van der Waals surface area contributed by atoms with Crippen molar-refractivity contribution in [3.8, 4) is 11.8 Å². The van der Waals surface area contributed by atoms with Crippen molar-refractivity contribution >= 4 is 38.3 Å². The van der Waals surface area contributed by atoms with Gasteiger partial charge in [-0.1, -0.05) is 6.07 Å². The number of nitrogen functional groups attached to an aromatic ring is 2. The lowest BCUT2D eigenvalue weighted by Gasteiger charge is -2.15. The Kier molecular flexibility index (Phi) is 5.82. The van der Waals surface area contributed by atoms with E-state index in [1.54, 1.807) is 24.4 Å². The number of nitrogens with two attached hydrogens (primary N) is 2. The van der Waals surface area contributed by atoms with E-state index in [0.717, 1.165) is 6.26 Å². The van der Waals surface area contributed by atoms with Crippen LogP contribution in [0.4, 0.5) is 17.6 Å². The molecule has 0 amide bonds. The number of hydrogen-bond donors (Lipinski definition) is 3. The molecule has 0 bridgehead atoms. The molecule has 0 aliphatic carbocycles. The Balaban J connectivity index is 1.82. The summed E-state index contributed by atoms with van der Waals surface area (Å²) in [5, 5.41) is 12.3. The summed E-state index contributed by atoms with van der Waals surface area (Å²) in [7, 11) is -3.68. The van der Waals surface area contributed by atoms with Crippen LogP contribution in [-0.2, 0) is 16.3 Å². The molecule has 172 valence electrons. The zero-order valence-electron chi connectivity index (χ0n) is 17.9. The topological polar surface area (TPSA) is 196 Å². The van der Waals surface area contributed by atoms with E-state index >= 15 is 0 Å². The number of anilines is 3. The zero-order chi connectivity index (χ0) is 24.5. The summed E-state index contributed by atoms with van der Waals surface area (Å²) in [5.74, 6) is 0.352. The molecule has 0 spiro atoms. The van der Waals surface area contributed by atoms with Gasteiger partial charge in [0, 0.05) is 25.4 Å². The van der Waals surface area contributed by atoms with Gasteiger partial charge in [0.15, 0.2) is 15.7 Å². The molecule has 4 aromatic rings. The van der Waals surface area contributed by atoms with Crippen LogP contribution >= 0.6 is 0 Å². The summed E-state index contributed by atoms with van der Waals surface area (Å²) >= 11 is 0. The van der Waals surface area contributed by atoms with Gasteiger partial charge in [0.1, 0.15) is 23.3 Å². The highest BCUT2D eigenvalue weighted by atomic mass is 32.2. The maximum absolute atomic E-state index is 13.6. The summed E-state index contributed by atoms with van der Waals surface area (Å²) < 4.78 is 26.0. The van der Waals surface area contributed by atoms with Gasteiger partial charge in [-0.15, -0.1) is 0 Å². The number of fused-ring (bicyclic) bond motifs is 1. The van der Waals surface area contributed by atoms with E-state index in [1.165, 1.54) is 22.9 Å². The molecule has 3 aromatic heterocycles. The van der Waals surface area contributed by atoms with Crippen LogP contribution < -0.4 is 22.3 Å². The van der Waals surface area contributed by atoms with Crippen molar-refractivity contribution in [1.82, 2.24) is 24.5 Å². The van der Waals surface area contributed by atoms with Gasteiger partial charge < -0.3 is 16.8 Å². The Morgan fingerprint density at radius 2 is 1.94 bits per heavy atom. The number of aromatic nitrogens is 5. The van der Waals surface area contributed by atoms with E-state index in [-0.39, 0.29) is 51.9 Å². The maximum Gasteiger partial charge on any atom is 0.267 e. The highest BCUT2D eigenvalue weighted by Crippen LogP contribution is 2.21. The van der Waals surface area contributed by atoms with E-state index in [2.05, 4.69) is 25.3 Å². The third-order valence-corrected chi connectivity index (χ3v) is 6.08. The first-order valence-corrected chi connectivity index (χ1v) is 11.8. The number of rotatable bonds is 6. The van der Waals surface area contributed by atoms with E-state index in [0.29, 0.717) is 11.5 Å². The molecule has 4 rings (SSSR count). The van der Waals surface area contributed by atoms with Crippen molar-refractivity contribution in [2.75, 3.05) is 29.6 Å². The number of nitrogens with one attached hydrogen (secondary N) is 1. The fraction of sp³-hybridized carbons (Fsp3) is 0.143. The molecule has 12 nitrogen and oxygen atoms in total. The highest BCUT2D eigenvalue weighted by Gasteiger charge is 2.20. The Bertz CT molecular complexity index is 1610. The number of hydrogen-bond acceptors (Lipinski definition) is 11. The number of pyridine rings is 1. The summed E-state index contributed by atoms with van der Waals surface area (Å²) in [6, 6.07) is 9.74. The lowest BCUT2D eigenvalue weighted by atomic mass is 10.2. The molecule has 34 heavy (non-hydrogen) atoms. The number of sulfone groups is 1. The molecule has 0 radical (unpaired) electrons. The van der Waals surface area contributed by atoms with Gasteiger partial charge in [-0.25, -0.2) is 13.4 Å². The molecular formula is C21H19N9O3S. The van der Waals surface area contributed by atoms with E-state index in [4.69, 9.17) is 11.5 Å². The Hall–Kier alpha value is -4.57. The SMILES string of the molecule is CS(=O)(=O)c1cccc2nc(CCNc3nc(N)nc(N)c3C#N)n(-c3cccnc3)c(=O)c12. The molecule has 0 unspecified atom stereocenters. The number of nitriles is 1. The summed E-state index contributed by atoms with van der Waals surface area (Å²) in [5.41, 5.74) is 11.5. The minimum Gasteiger partial charge on any atom is -0.382 e. The molecule has 0 saturated heterocycles. The molecule has 0 aliphatic heterocycles. The van der Waals surface area contributed by atoms with Crippen LogP contribution in [0.15, 0.2) is 52.4 Å². The van der Waals surface area contributed by atoms with Gasteiger partial charge >= 0.3 is 0 Å². The summed E-state index contributed by atoms with van der Waals surface area (Å²) in [4.78, 5) is 29.9. The Morgan fingerprint density at radius 3 is 2.62 bits per heavy atom. The van der Waals surface area contributed by atoms with Crippen LogP contribution in [0.5, 0.6) is 0 Å². The predicted molar refractivity (Wildman–Crippen MR) is 126 cm³/mol. The molecule has 5 N–H and O–H groups in total. The van der Waals surface area contributed by atoms with Crippen LogP contribution in [0.3, 0.4) is 0 Å². The smallest absolute Gasteiger partial charge is 0.267 e. The second-order valence-electron chi connectivity index (χ2n) is 7.28. The van der Waals surface area contributed by atoms with Crippen molar-refractivity contribution in [1.29, 1.82) is 5.26 Å². The van der Waals surface area contributed by atoms with Gasteiger partial charge in [0.25, 0.3) is 5.56 Å². The first-order chi connectivity index (χ1) is 16.2. The molecule has 3 heterocycles. The second kappa shape index (κ2) is 8.75. The average Bonchev–Trinajstić information content (AvgIpc) is 2.78. The molecule has 0 aliphatic rings. The standard InChI is InChI=1S/C21H19N9O3S/c1-34(32,33)15-6-2-5-14-17(15)20(31)30(12-4-3-8-25-11-12)16(27-14)7-9-26-19-13(10-22)18(23)28-21(24)29-19/h2-6,8,11H,7,9H2,1H3,(H5,23,24,26,28,29). The van der Waals surface area contributed by atoms with Crippen LogP contribution in [0.2, 0.25) is 0 Å². The van der Waals surface area contributed by atoms with E-state index < -0.39 is 15.4 Å². The van der Waals surface area contributed by atoms with Crippen molar-refractivity contribution in [2.24, 2.45) is 0 Å². The minimum atomic E-state index is -3.68. The molecular weight excluding hydrogens is 458 g/mol. The van der Waals surface area contributed by atoms with Crippen LogP contribution in [0.25, 0.3) is 16.6 Å². The van der Waals surface area contributed by atoms with Crippen molar-refractivity contribution in [2.45, 2.75) is 11.3 Å². The van der Waals surface area contributed by atoms with Gasteiger partial charge in [-0.2, -0.15) is 15.2 Å². The molecule has 13 heteroatoms. The Morgan fingerprint density at radius 1 is 1.15 bits per heavy atom. The molecule has 1 aromatic carbocycles. The normalized spacial score (nSPS) is 11.3. The van der Waals surface area contributed by atoms with E-state index in [1.807, 2.05) is 6.07 Å². The second-order valence-corrected chi connectivity index (χ2v) is 9.27. The monoisotopic (exact) mass is 477 g/mol. The van der Waals surface area contributed by atoms with Crippen LogP contribution in [-0.4, -0.2) is 45.7 Å². The van der Waals surface area contributed by atoms with Crippen LogP contribution in [0.1, 0.15) is 11.4 Å². The molecule has 0 saturated carbocycles. The van der Waals surface area contributed by atoms with Crippen molar-refractivity contribution in [3.63, 3.8) is 0 Å². The van der Waals surface area contributed by atoms with Crippen molar-refractivity contribution < 1.29 is 8.42 Å². The quantitative estimate of drug-likeness (QED) is 0.353. The first-order valence-electron chi connectivity index (χ1n) is 9.92. The number of benzene rings is 1. The Labute approximate surface area is 193 Å². The zero-order valence-corrected chi connectivity index (χ0v) is 18.7. The van der Waals surface area contributed by atoms with Crippen LogP contribution in [0, 0.1) is 11.3 Å². The van der Waals surface area contributed by atoms with Gasteiger partial charge in [-0.3, -0.25) is 14.3 Å². The fourth-order valence-corrected chi connectivity index (χ4v) is 4.39. The number of nitrogens with zero attached hydrogens (tertiary/aromatic N) is 6. The van der Waals surface area contributed by atoms with Crippen molar-refractivity contribution in [3.05, 3.63) is 64.5 Å². The molecule has 0 atom stereocenters. The van der Waals surface area contributed by atoms with E-state index in [9.17, 15) is 18.5 Å². The minimum absolute atomic E-state index is 0.00586. The average molecular weight is 478 g/mol. The third kappa shape index (κ3) is 4.21. The highest BCUT2D eigenvalue weighted by molar-refractivity contribution is 7.91. The fourth-order valence-electron chi connectivity index (χ4n) is 3.50. The lowest BCUT2D eigenvalue weighted by Crippen LogP contribution is -2.26. The van der Waals surface area contributed by atoms with Gasteiger partial charge in [0.05, 0.1) is 27.7 Å². The summed E-state index contributed by atoms with van der Waals surface area (Å²) in [6.45, 7) is 0.203. The first kappa shape index (κ1) is 22.6. The van der Waals surface area contributed by atoms with Gasteiger partial charge in [-0.05, 0) is 24.3 Å². The molecule has 0 fully saturated rings. The maximum atomic E-state index is 13.6. The lowest BCUT2D eigenvalue weighted by molar-refractivity contribution is 0.602. The third-order valence-electron chi connectivity index (χ3n) is 4.94. The summed E-state index contributed by atoms with van der Waals surface area (Å²) in [6.07, 6.45) is 4.28. The predicted octanol–water partition coefficient (Wildman–Crippen LogP) is 0.665. The van der Waals surface area contributed by atoms with Gasteiger partial charge in [0.2, 0.25) is 5.95 Å². The largest absolute Gasteiger partial charge is 0.382 e.